The highest BCUT2D eigenvalue weighted by atomic mass is 15.2. The largest absolute Gasteiger partial charge is 0.394 e. The van der Waals surface area contributed by atoms with Crippen LogP contribution >= 0.6 is 0 Å². The summed E-state index contributed by atoms with van der Waals surface area (Å²) < 4.78 is 0. The predicted octanol–water partition coefficient (Wildman–Crippen LogP) is 4.03. The molecule has 6 nitrogen and oxygen atoms in total. The van der Waals surface area contributed by atoms with Gasteiger partial charge in [0, 0.05) is 49.5 Å². The second kappa shape index (κ2) is 8.19. The van der Waals surface area contributed by atoms with Crippen LogP contribution in [0.25, 0.3) is 22.2 Å². The van der Waals surface area contributed by atoms with E-state index in [-0.39, 0.29) is 0 Å². The van der Waals surface area contributed by atoms with Gasteiger partial charge in [0.1, 0.15) is 11.5 Å². The summed E-state index contributed by atoms with van der Waals surface area (Å²) in [6, 6.07) is 7.36. The van der Waals surface area contributed by atoms with Gasteiger partial charge in [0.15, 0.2) is 0 Å². The molecule has 1 aromatic carbocycles. The number of aromatic amines is 1. The Balaban J connectivity index is 1.56. The average molecular weight is 415 g/mol. The summed E-state index contributed by atoms with van der Waals surface area (Å²) in [5.41, 5.74) is 8.79. The topological polar surface area (TPSA) is 79.8 Å². The van der Waals surface area contributed by atoms with E-state index in [4.69, 9.17) is 5.41 Å². The lowest BCUT2D eigenvalue weighted by atomic mass is 9.87. The van der Waals surface area contributed by atoms with E-state index in [0.717, 1.165) is 31.7 Å². The molecular formula is C25H30N6. The molecule has 1 saturated heterocycles. The maximum absolute atomic E-state index is 8.44. The zero-order valence-electron chi connectivity index (χ0n) is 18.3. The Morgan fingerprint density at radius 3 is 3.00 bits per heavy atom. The van der Waals surface area contributed by atoms with E-state index in [1.54, 1.807) is 0 Å². The van der Waals surface area contributed by atoms with Gasteiger partial charge in [0.2, 0.25) is 0 Å². The van der Waals surface area contributed by atoms with Crippen LogP contribution < -0.4 is 10.6 Å². The second-order valence-corrected chi connectivity index (χ2v) is 8.62. The highest BCUT2D eigenvalue weighted by Crippen LogP contribution is 2.36. The lowest BCUT2D eigenvalue weighted by Gasteiger charge is -2.33. The number of hydrogen-bond donors (Lipinski definition) is 4. The number of amidine groups is 1. The maximum atomic E-state index is 8.44. The zero-order valence-corrected chi connectivity index (χ0v) is 18.3. The Kier molecular flexibility index (Phi) is 5.24. The van der Waals surface area contributed by atoms with E-state index in [9.17, 15) is 0 Å². The van der Waals surface area contributed by atoms with E-state index < -0.39 is 0 Å². The number of benzene rings is 1. The molecule has 31 heavy (non-hydrogen) atoms. The molecule has 0 saturated carbocycles. The number of nitrogens with one attached hydrogen (secondary N) is 4. The van der Waals surface area contributed by atoms with Crippen LogP contribution in [0.4, 0.5) is 0 Å². The molecule has 0 unspecified atom stereocenters. The van der Waals surface area contributed by atoms with E-state index in [1.807, 2.05) is 31.7 Å². The third kappa shape index (κ3) is 3.72. The predicted molar refractivity (Wildman–Crippen MR) is 126 cm³/mol. The van der Waals surface area contributed by atoms with Crippen molar-refractivity contribution in [1.82, 2.24) is 25.5 Å². The normalized spacial score (nSPS) is 18.6. The van der Waals surface area contributed by atoms with Crippen molar-refractivity contribution in [3.8, 4) is 11.1 Å². The number of nitrogens with zero attached hydrogens (tertiary/aromatic N) is 2. The Labute approximate surface area is 183 Å². The summed E-state index contributed by atoms with van der Waals surface area (Å²) in [6.07, 6.45) is 11.0. The molecule has 0 aliphatic carbocycles. The van der Waals surface area contributed by atoms with Crippen molar-refractivity contribution in [1.29, 1.82) is 5.41 Å². The van der Waals surface area contributed by atoms with Gasteiger partial charge in [0.05, 0.1) is 0 Å². The third-order valence-electron chi connectivity index (χ3n) is 6.63. The molecule has 4 heterocycles. The Morgan fingerprint density at radius 2 is 2.19 bits per heavy atom. The molecule has 0 amide bonds. The molecule has 2 aromatic heterocycles. The first-order valence-electron chi connectivity index (χ1n) is 11.1. The molecule has 0 spiro atoms. The van der Waals surface area contributed by atoms with Crippen LogP contribution in [-0.4, -0.2) is 40.8 Å². The van der Waals surface area contributed by atoms with Crippen LogP contribution in [0.2, 0.25) is 0 Å². The van der Waals surface area contributed by atoms with Crippen molar-refractivity contribution in [3.05, 3.63) is 65.1 Å². The molecule has 2 aliphatic heterocycles. The van der Waals surface area contributed by atoms with Crippen molar-refractivity contribution < 1.29 is 0 Å². The van der Waals surface area contributed by atoms with Gasteiger partial charge in [-0.1, -0.05) is 6.07 Å². The van der Waals surface area contributed by atoms with Crippen LogP contribution in [0.15, 0.2) is 42.9 Å². The summed E-state index contributed by atoms with van der Waals surface area (Å²) in [7, 11) is 1.86. The first-order valence-corrected chi connectivity index (χ1v) is 11.1. The van der Waals surface area contributed by atoms with E-state index >= 15 is 0 Å². The average Bonchev–Trinajstić information content (AvgIpc) is 3.46. The minimum Gasteiger partial charge on any atom is -0.394 e. The van der Waals surface area contributed by atoms with Crippen LogP contribution in [-0.2, 0) is 13.0 Å². The molecule has 4 N–H and O–H groups in total. The number of pyridine rings is 1. The van der Waals surface area contributed by atoms with Gasteiger partial charge in [-0.2, -0.15) is 0 Å². The van der Waals surface area contributed by atoms with Crippen LogP contribution in [0.3, 0.4) is 0 Å². The summed E-state index contributed by atoms with van der Waals surface area (Å²) in [5.74, 6) is 0.562. The van der Waals surface area contributed by atoms with Gasteiger partial charge in [-0.25, -0.2) is 4.98 Å². The maximum Gasteiger partial charge on any atom is 0.137 e. The number of fused-ring (bicyclic) bond motifs is 2. The summed E-state index contributed by atoms with van der Waals surface area (Å²) >= 11 is 0. The van der Waals surface area contributed by atoms with Gasteiger partial charge in [-0.3, -0.25) is 5.41 Å². The lowest BCUT2D eigenvalue weighted by molar-refractivity contribution is 0.389. The van der Waals surface area contributed by atoms with E-state index in [0.29, 0.717) is 11.9 Å². The highest BCUT2D eigenvalue weighted by molar-refractivity contribution is 5.90. The Morgan fingerprint density at radius 1 is 1.29 bits per heavy atom. The molecule has 6 heteroatoms. The van der Waals surface area contributed by atoms with Crippen LogP contribution in [0, 0.1) is 12.3 Å². The van der Waals surface area contributed by atoms with Gasteiger partial charge < -0.3 is 20.5 Å². The standard InChI is InChI=1S/C25H30N6/c1-16-13-29-25-20(16)12-19(14-30-25)18-10-17-6-9-31(24(26)5-8-27-2)15-22(17)21(11-18)23-4-3-7-28-23/h5,8,10-14,23,26-28H,3-4,6-7,9,15H2,1-2H3,(H,29,30)/b8-5-,26-24?/t23-/m0/s1. The minimum absolute atomic E-state index is 0.390. The fraction of sp³-hybridized carbons (Fsp3) is 0.360. The second-order valence-electron chi connectivity index (χ2n) is 8.62. The Bertz CT molecular complexity index is 1150. The number of rotatable bonds is 4. The Hall–Kier alpha value is -3.12. The van der Waals surface area contributed by atoms with Gasteiger partial charge in [-0.15, -0.1) is 0 Å². The van der Waals surface area contributed by atoms with Crippen molar-refractivity contribution in [2.45, 2.75) is 38.8 Å². The summed E-state index contributed by atoms with van der Waals surface area (Å²) in [6.45, 7) is 4.86. The number of hydrogen-bond acceptors (Lipinski definition) is 4. The molecule has 1 atom stereocenters. The molecule has 3 aromatic rings. The zero-order chi connectivity index (χ0) is 21.4. The van der Waals surface area contributed by atoms with Crippen molar-refractivity contribution in [2.24, 2.45) is 0 Å². The highest BCUT2D eigenvalue weighted by Gasteiger charge is 2.26. The molecule has 0 bridgehead atoms. The van der Waals surface area contributed by atoms with Crippen LogP contribution in [0.1, 0.15) is 41.1 Å². The van der Waals surface area contributed by atoms with Crippen molar-refractivity contribution in [3.63, 3.8) is 0 Å². The van der Waals surface area contributed by atoms with E-state index in [1.165, 1.54) is 51.6 Å². The number of H-pyrrole nitrogens is 1. The molecule has 2 aliphatic rings. The first kappa shape index (κ1) is 19.8. The van der Waals surface area contributed by atoms with E-state index in [2.05, 4.69) is 50.6 Å². The van der Waals surface area contributed by atoms with Gasteiger partial charge in [-0.05, 0) is 85.0 Å². The molecular weight excluding hydrogens is 384 g/mol. The van der Waals surface area contributed by atoms with Gasteiger partial charge >= 0.3 is 0 Å². The van der Waals surface area contributed by atoms with Gasteiger partial charge in [0.25, 0.3) is 0 Å². The minimum atomic E-state index is 0.390. The van der Waals surface area contributed by atoms with Crippen molar-refractivity contribution in [2.75, 3.05) is 20.1 Å². The number of aromatic nitrogens is 2. The molecule has 1 fully saturated rings. The number of aryl methyl sites for hydroxylation is 1. The quantitative estimate of drug-likeness (QED) is 0.384. The molecule has 0 radical (unpaired) electrons. The summed E-state index contributed by atoms with van der Waals surface area (Å²) in [5, 5.41) is 16.3. The monoisotopic (exact) mass is 414 g/mol. The smallest absolute Gasteiger partial charge is 0.137 e. The lowest BCUT2D eigenvalue weighted by Crippen LogP contribution is -2.36. The fourth-order valence-electron chi connectivity index (χ4n) is 4.89. The third-order valence-corrected chi connectivity index (χ3v) is 6.63. The van der Waals surface area contributed by atoms with Crippen molar-refractivity contribution >= 4 is 16.9 Å². The molecule has 5 rings (SSSR count). The fourth-order valence-corrected chi connectivity index (χ4v) is 4.89. The SMILES string of the molecule is CN/C=C\C(=N)N1CCc2cc(-c3cnc4[nH]cc(C)c4c3)cc([C@@H]3CCCN3)c2C1. The molecule has 160 valence electrons. The first-order chi connectivity index (χ1) is 15.1. The summed E-state index contributed by atoms with van der Waals surface area (Å²) in [4.78, 5) is 10.1. The van der Waals surface area contributed by atoms with Crippen LogP contribution in [0.5, 0.6) is 0 Å².